The topological polar surface area (TPSA) is 88.6 Å². The summed E-state index contributed by atoms with van der Waals surface area (Å²) in [5.41, 5.74) is 3.12. The normalized spacial score (nSPS) is 22.3. The molecule has 0 radical (unpaired) electrons. The summed E-state index contributed by atoms with van der Waals surface area (Å²) in [7, 11) is 7.73. The van der Waals surface area contributed by atoms with Gasteiger partial charge in [0.05, 0.1) is 45.6 Å². The molecule has 2 heterocycles. The van der Waals surface area contributed by atoms with Crippen LogP contribution in [0.1, 0.15) is 23.2 Å². The lowest BCUT2D eigenvalue weighted by Gasteiger charge is -2.36. The summed E-state index contributed by atoms with van der Waals surface area (Å²) < 4.78 is 14.7. The third kappa shape index (κ3) is 4.94. The molecule has 0 aromatic heterocycles. The minimum absolute atomic E-state index is 0.0186. The van der Waals surface area contributed by atoms with Gasteiger partial charge in [0.15, 0.2) is 5.92 Å². The van der Waals surface area contributed by atoms with E-state index in [0.29, 0.717) is 0 Å². The number of rotatable bonds is 6. The van der Waals surface area contributed by atoms with E-state index in [1.54, 1.807) is 12.3 Å². The zero-order valence-corrected chi connectivity index (χ0v) is 22.2. The highest BCUT2D eigenvalue weighted by molar-refractivity contribution is 5.96. The molecule has 1 unspecified atom stereocenters. The third-order valence-electron chi connectivity index (χ3n) is 7.26. The van der Waals surface area contributed by atoms with E-state index in [1.165, 1.54) is 26.2 Å². The van der Waals surface area contributed by atoms with Crippen LogP contribution in [0, 0.1) is 5.92 Å². The van der Waals surface area contributed by atoms with E-state index in [4.69, 9.17) is 14.2 Å². The van der Waals surface area contributed by atoms with Gasteiger partial charge < -0.3 is 14.2 Å². The lowest BCUT2D eigenvalue weighted by Crippen LogP contribution is -2.49. The Balaban J connectivity index is 1.76. The molecule has 0 saturated carbocycles. The van der Waals surface area contributed by atoms with E-state index in [2.05, 4.69) is 48.2 Å². The maximum absolute atomic E-state index is 12.9. The van der Waals surface area contributed by atoms with Crippen LogP contribution in [0.3, 0.4) is 0 Å². The Labute approximate surface area is 222 Å². The second-order valence-corrected chi connectivity index (χ2v) is 9.30. The maximum atomic E-state index is 12.9. The second-order valence-electron chi connectivity index (χ2n) is 9.30. The lowest BCUT2D eigenvalue weighted by molar-refractivity contribution is -0.160. The Morgan fingerprint density at radius 2 is 1.21 bits per heavy atom. The average molecular weight is 520 g/mol. The number of nitrogens with zero attached hydrogens (tertiary/aromatic N) is 3. The van der Waals surface area contributed by atoms with E-state index >= 15 is 0 Å². The van der Waals surface area contributed by atoms with Crippen molar-refractivity contribution in [3.63, 3.8) is 0 Å². The van der Waals surface area contributed by atoms with Crippen molar-refractivity contribution in [2.24, 2.45) is 5.92 Å². The summed E-state index contributed by atoms with van der Waals surface area (Å²) in [5.74, 6) is -2.98. The van der Waals surface area contributed by atoms with Crippen LogP contribution >= 0.6 is 0 Å². The number of benzene rings is 2. The van der Waals surface area contributed by atoms with E-state index < -0.39 is 30.0 Å². The van der Waals surface area contributed by atoms with Gasteiger partial charge in [-0.3, -0.25) is 24.3 Å². The summed E-state index contributed by atoms with van der Waals surface area (Å²) in [4.78, 5) is 43.7. The standard InChI is InChI=1S/C29H33N3O6/c1-30-24(19-12-8-6-9-13-19)25(20-14-10-7-11-15-20)31(2)26(30)21-16-17-22(32(18-21)29(35)38-5)23(27(33)36-3)28(34)37-4/h6-18,22-26H,1-5H3/t22?,24-,25-/m0/s1. The SMILES string of the molecule is COC(=O)C(C(=O)OC)C1C=CC(C2N(C)[C@@H](c3ccccc3)[C@H](c3ccccc3)N2C)=CN1C(=O)OC. The van der Waals surface area contributed by atoms with Crippen molar-refractivity contribution in [3.8, 4) is 0 Å². The van der Waals surface area contributed by atoms with Crippen LogP contribution in [-0.4, -0.2) is 80.4 Å². The van der Waals surface area contributed by atoms with Crippen LogP contribution in [0.5, 0.6) is 0 Å². The molecule has 200 valence electrons. The molecule has 3 atom stereocenters. The van der Waals surface area contributed by atoms with Crippen LogP contribution < -0.4 is 0 Å². The maximum Gasteiger partial charge on any atom is 0.414 e. The Hall–Kier alpha value is -3.95. The first kappa shape index (κ1) is 27.1. The van der Waals surface area contributed by atoms with Gasteiger partial charge in [0.1, 0.15) is 0 Å². The first-order valence-corrected chi connectivity index (χ1v) is 12.3. The third-order valence-corrected chi connectivity index (χ3v) is 7.26. The fraction of sp³-hybridized carbons (Fsp3) is 0.345. The van der Waals surface area contributed by atoms with Gasteiger partial charge in [-0.25, -0.2) is 4.79 Å². The van der Waals surface area contributed by atoms with Gasteiger partial charge in [-0.05, 0) is 25.2 Å². The van der Waals surface area contributed by atoms with Crippen LogP contribution in [0.2, 0.25) is 0 Å². The van der Waals surface area contributed by atoms with Crippen LogP contribution in [0.25, 0.3) is 0 Å². The predicted molar refractivity (Wildman–Crippen MR) is 140 cm³/mol. The number of ether oxygens (including phenoxy) is 3. The molecule has 4 rings (SSSR count). The molecular formula is C29H33N3O6. The number of carbonyl (C=O) groups excluding carboxylic acids is 3. The average Bonchev–Trinajstić information content (AvgIpc) is 3.22. The number of methoxy groups -OCH3 is 3. The highest BCUT2D eigenvalue weighted by Gasteiger charge is 2.48. The molecule has 1 amide bonds. The first-order valence-electron chi connectivity index (χ1n) is 12.3. The van der Waals surface area contributed by atoms with E-state index in [-0.39, 0.29) is 18.2 Å². The molecule has 0 bridgehead atoms. The highest BCUT2D eigenvalue weighted by Crippen LogP contribution is 2.47. The molecule has 38 heavy (non-hydrogen) atoms. The van der Waals surface area contributed by atoms with E-state index in [1.807, 2.05) is 42.5 Å². The predicted octanol–water partition coefficient (Wildman–Crippen LogP) is 3.53. The fourth-order valence-electron chi connectivity index (χ4n) is 5.57. The molecule has 0 N–H and O–H groups in total. The Morgan fingerprint density at radius 1 is 0.737 bits per heavy atom. The molecule has 2 aromatic carbocycles. The lowest BCUT2D eigenvalue weighted by atomic mass is 9.93. The van der Waals surface area contributed by atoms with Crippen molar-refractivity contribution in [2.45, 2.75) is 24.3 Å². The number of carbonyl (C=O) groups is 3. The molecule has 1 saturated heterocycles. The molecule has 0 spiro atoms. The molecule has 2 aliphatic heterocycles. The van der Waals surface area contributed by atoms with Crippen molar-refractivity contribution < 1.29 is 28.6 Å². The molecular weight excluding hydrogens is 486 g/mol. The quantitative estimate of drug-likeness (QED) is 0.326. The zero-order valence-electron chi connectivity index (χ0n) is 22.2. The number of esters is 2. The Kier molecular flexibility index (Phi) is 8.29. The number of hydrogen-bond donors (Lipinski definition) is 0. The van der Waals surface area contributed by atoms with Crippen LogP contribution in [-0.2, 0) is 23.8 Å². The summed E-state index contributed by atoms with van der Waals surface area (Å²) in [6, 6.07) is 19.6. The second kappa shape index (κ2) is 11.6. The highest BCUT2D eigenvalue weighted by atomic mass is 16.6. The molecule has 9 heteroatoms. The monoisotopic (exact) mass is 519 g/mol. The number of likely N-dealkylation sites (N-methyl/N-ethyl adjacent to an activating group) is 2. The first-order chi connectivity index (χ1) is 18.3. The zero-order chi connectivity index (χ0) is 27.4. The van der Waals surface area contributed by atoms with Crippen molar-refractivity contribution in [1.82, 2.24) is 14.7 Å². The van der Waals surface area contributed by atoms with Crippen molar-refractivity contribution in [3.05, 3.63) is 95.7 Å². The van der Waals surface area contributed by atoms with Gasteiger partial charge >= 0.3 is 18.0 Å². The number of amides is 1. The molecule has 0 aliphatic carbocycles. The fourth-order valence-corrected chi connectivity index (χ4v) is 5.57. The van der Waals surface area contributed by atoms with Crippen molar-refractivity contribution >= 4 is 18.0 Å². The Morgan fingerprint density at radius 3 is 1.63 bits per heavy atom. The van der Waals surface area contributed by atoms with E-state index in [0.717, 1.165) is 16.7 Å². The molecule has 1 fully saturated rings. The van der Waals surface area contributed by atoms with E-state index in [9.17, 15) is 14.4 Å². The minimum Gasteiger partial charge on any atom is -0.468 e. The van der Waals surface area contributed by atoms with Crippen LogP contribution in [0.15, 0.2) is 84.6 Å². The molecule has 9 nitrogen and oxygen atoms in total. The van der Waals surface area contributed by atoms with Crippen molar-refractivity contribution in [1.29, 1.82) is 0 Å². The van der Waals surface area contributed by atoms with Crippen molar-refractivity contribution in [2.75, 3.05) is 35.4 Å². The van der Waals surface area contributed by atoms with Crippen LogP contribution in [0.4, 0.5) is 4.79 Å². The van der Waals surface area contributed by atoms with Gasteiger partial charge in [0.2, 0.25) is 0 Å². The smallest absolute Gasteiger partial charge is 0.414 e. The number of hydrogen-bond acceptors (Lipinski definition) is 8. The van der Waals surface area contributed by atoms with Gasteiger partial charge in [-0.15, -0.1) is 0 Å². The van der Waals surface area contributed by atoms with Gasteiger partial charge in [-0.1, -0.05) is 72.8 Å². The largest absolute Gasteiger partial charge is 0.468 e. The minimum atomic E-state index is -1.37. The van der Waals surface area contributed by atoms with Gasteiger partial charge in [0.25, 0.3) is 0 Å². The molecule has 2 aromatic rings. The Bertz CT molecular complexity index is 1150. The van der Waals surface area contributed by atoms with Gasteiger partial charge in [0, 0.05) is 11.8 Å². The summed E-state index contributed by atoms with van der Waals surface area (Å²) in [6.07, 6.45) is 4.19. The summed E-state index contributed by atoms with van der Waals surface area (Å²) >= 11 is 0. The molecule has 2 aliphatic rings. The summed E-state index contributed by atoms with van der Waals surface area (Å²) in [6.45, 7) is 0. The summed E-state index contributed by atoms with van der Waals surface area (Å²) in [5, 5.41) is 0. The van der Waals surface area contributed by atoms with Gasteiger partial charge in [-0.2, -0.15) is 0 Å².